The number of rotatable bonds is 3. The van der Waals surface area contributed by atoms with E-state index in [1.807, 2.05) is 24.0 Å². The van der Waals surface area contributed by atoms with Gasteiger partial charge in [-0.25, -0.2) is 4.98 Å². The van der Waals surface area contributed by atoms with Gasteiger partial charge in [-0.2, -0.15) is 0 Å². The molecule has 1 saturated carbocycles. The van der Waals surface area contributed by atoms with Gasteiger partial charge in [0.05, 0.1) is 6.04 Å². The molecule has 1 heterocycles. The number of imidazole rings is 1. The highest BCUT2D eigenvalue weighted by Gasteiger charge is 2.43. The lowest BCUT2D eigenvalue weighted by molar-refractivity contribution is 0.0529. The van der Waals surface area contributed by atoms with Crippen molar-refractivity contribution in [3.05, 3.63) is 18.2 Å². The lowest BCUT2D eigenvalue weighted by Gasteiger charge is -2.48. The quantitative estimate of drug-likeness (QED) is 0.891. The summed E-state index contributed by atoms with van der Waals surface area (Å²) < 4.78 is 2.05. The van der Waals surface area contributed by atoms with E-state index in [4.69, 9.17) is 5.73 Å². The van der Waals surface area contributed by atoms with Gasteiger partial charge < -0.3 is 15.2 Å². The van der Waals surface area contributed by atoms with Gasteiger partial charge in [0.1, 0.15) is 5.82 Å². The van der Waals surface area contributed by atoms with Crippen LogP contribution in [0.3, 0.4) is 0 Å². The van der Waals surface area contributed by atoms with Crippen LogP contribution >= 0.6 is 0 Å². The molecule has 1 unspecified atom stereocenters. The van der Waals surface area contributed by atoms with Crippen LogP contribution in [0.1, 0.15) is 44.5 Å². The molecule has 0 spiro atoms. The predicted molar refractivity (Wildman–Crippen MR) is 74.2 cm³/mol. The van der Waals surface area contributed by atoms with E-state index in [9.17, 15) is 0 Å². The first kappa shape index (κ1) is 13.6. The average molecular weight is 250 g/mol. The van der Waals surface area contributed by atoms with Gasteiger partial charge in [-0.1, -0.05) is 6.92 Å². The molecular formula is C14H26N4. The smallest absolute Gasteiger partial charge is 0.127 e. The summed E-state index contributed by atoms with van der Waals surface area (Å²) in [4.78, 5) is 6.77. The highest BCUT2D eigenvalue weighted by Crippen LogP contribution is 2.41. The van der Waals surface area contributed by atoms with Crippen molar-refractivity contribution in [1.82, 2.24) is 14.5 Å². The first-order valence-electron chi connectivity index (χ1n) is 6.87. The fraction of sp³-hybridized carbons (Fsp3) is 0.786. The standard InChI is InChI=1S/C14H26N4/c1-11-5-7-14(8-6-11,17(2)3)12(15)13-16-9-10-18(13)4/h9-12H,5-8,15H2,1-4H3. The Balaban J connectivity index is 2.28. The second-order valence-corrected chi connectivity index (χ2v) is 6.05. The molecule has 18 heavy (non-hydrogen) atoms. The maximum absolute atomic E-state index is 6.57. The second-order valence-electron chi connectivity index (χ2n) is 6.05. The van der Waals surface area contributed by atoms with Crippen LogP contribution in [0, 0.1) is 5.92 Å². The third kappa shape index (κ3) is 2.19. The van der Waals surface area contributed by atoms with Gasteiger partial charge in [-0.3, -0.25) is 0 Å². The molecule has 0 bridgehead atoms. The normalized spacial score (nSPS) is 30.7. The summed E-state index contributed by atoms with van der Waals surface area (Å²) in [7, 11) is 6.33. The molecule has 1 fully saturated rings. The van der Waals surface area contributed by atoms with E-state index in [-0.39, 0.29) is 11.6 Å². The fourth-order valence-electron chi connectivity index (χ4n) is 3.22. The number of aryl methyl sites for hydroxylation is 1. The molecule has 0 amide bonds. The van der Waals surface area contributed by atoms with Gasteiger partial charge in [0.15, 0.2) is 0 Å². The number of hydrogen-bond donors (Lipinski definition) is 1. The topological polar surface area (TPSA) is 47.1 Å². The summed E-state index contributed by atoms with van der Waals surface area (Å²) >= 11 is 0. The highest BCUT2D eigenvalue weighted by atomic mass is 15.2. The maximum Gasteiger partial charge on any atom is 0.127 e. The van der Waals surface area contributed by atoms with Gasteiger partial charge in [0, 0.05) is 25.0 Å². The Labute approximate surface area is 110 Å². The second kappa shape index (κ2) is 5.02. The maximum atomic E-state index is 6.57. The largest absolute Gasteiger partial charge is 0.337 e. The van der Waals surface area contributed by atoms with Crippen LogP contribution in [0.5, 0.6) is 0 Å². The van der Waals surface area contributed by atoms with Crippen LogP contribution in [-0.4, -0.2) is 34.1 Å². The number of aromatic nitrogens is 2. The summed E-state index contributed by atoms with van der Waals surface area (Å²) in [5.74, 6) is 1.82. The molecule has 0 aliphatic heterocycles. The summed E-state index contributed by atoms with van der Waals surface area (Å²) in [5, 5.41) is 0. The van der Waals surface area contributed by atoms with Crippen molar-refractivity contribution < 1.29 is 0 Å². The molecule has 0 aromatic carbocycles. The minimum Gasteiger partial charge on any atom is -0.337 e. The minimum absolute atomic E-state index is 0.0139. The Morgan fingerprint density at radius 1 is 1.44 bits per heavy atom. The van der Waals surface area contributed by atoms with Gasteiger partial charge >= 0.3 is 0 Å². The zero-order chi connectivity index (χ0) is 13.3. The van der Waals surface area contributed by atoms with E-state index in [0.717, 1.165) is 24.6 Å². The molecule has 2 rings (SSSR count). The first-order valence-corrected chi connectivity index (χ1v) is 6.87. The lowest BCUT2D eigenvalue weighted by atomic mass is 9.72. The molecule has 1 atom stereocenters. The summed E-state index contributed by atoms with van der Waals surface area (Å²) in [6.45, 7) is 2.34. The van der Waals surface area contributed by atoms with Crippen LogP contribution in [0.2, 0.25) is 0 Å². The van der Waals surface area contributed by atoms with Gasteiger partial charge in [0.2, 0.25) is 0 Å². The Kier molecular flexibility index (Phi) is 3.78. The van der Waals surface area contributed by atoms with Gasteiger partial charge in [-0.15, -0.1) is 0 Å². The number of hydrogen-bond acceptors (Lipinski definition) is 3. The summed E-state index contributed by atoms with van der Waals surface area (Å²) in [5.41, 5.74) is 6.63. The molecule has 0 radical (unpaired) electrons. The SMILES string of the molecule is CC1CCC(C(N)c2nccn2C)(N(C)C)CC1. The van der Waals surface area contributed by atoms with Gasteiger partial charge in [0.25, 0.3) is 0 Å². The Morgan fingerprint density at radius 2 is 2.06 bits per heavy atom. The number of nitrogens with two attached hydrogens (primary N) is 1. The Bertz CT molecular complexity index is 388. The van der Waals surface area contributed by atoms with Crippen molar-refractivity contribution in [1.29, 1.82) is 0 Å². The number of likely N-dealkylation sites (N-methyl/N-ethyl adjacent to an activating group) is 1. The van der Waals surface area contributed by atoms with Crippen LogP contribution < -0.4 is 5.73 Å². The molecule has 1 aliphatic rings. The highest BCUT2D eigenvalue weighted by molar-refractivity contribution is 5.10. The zero-order valence-corrected chi connectivity index (χ0v) is 12.1. The van der Waals surface area contributed by atoms with Crippen molar-refractivity contribution in [2.75, 3.05) is 14.1 Å². The minimum atomic E-state index is -0.0139. The van der Waals surface area contributed by atoms with E-state index in [1.54, 1.807) is 0 Å². The molecule has 1 aliphatic carbocycles. The predicted octanol–water partition coefficient (Wildman–Crippen LogP) is 1.93. The molecule has 0 saturated heterocycles. The molecule has 102 valence electrons. The van der Waals surface area contributed by atoms with Crippen molar-refractivity contribution in [2.45, 2.75) is 44.2 Å². The summed E-state index contributed by atoms with van der Waals surface area (Å²) in [6, 6.07) is -0.0139. The third-order valence-corrected chi connectivity index (χ3v) is 4.75. The number of nitrogens with zero attached hydrogens (tertiary/aromatic N) is 3. The van der Waals surface area contributed by atoms with E-state index in [2.05, 4.69) is 30.9 Å². The first-order chi connectivity index (χ1) is 8.47. The van der Waals surface area contributed by atoms with E-state index in [0.29, 0.717) is 0 Å². The van der Waals surface area contributed by atoms with E-state index >= 15 is 0 Å². The van der Waals surface area contributed by atoms with Gasteiger partial charge in [-0.05, 0) is 45.7 Å². The fourth-order valence-corrected chi connectivity index (χ4v) is 3.22. The molecule has 4 heteroatoms. The van der Waals surface area contributed by atoms with Crippen LogP contribution in [0.25, 0.3) is 0 Å². The average Bonchev–Trinajstić information content (AvgIpc) is 2.75. The van der Waals surface area contributed by atoms with Crippen LogP contribution in [0.4, 0.5) is 0 Å². The molecule has 1 aromatic rings. The molecule has 2 N–H and O–H groups in total. The van der Waals surface area contributed by atoms with Crippen molar-refractivity contribution in [3.8, 4) is 0 Å². The summed E-state index contributed by atoms with van der Waals surface area (Å²) in [6.07, 6.45) is 8.66. The monoisotopic (exact) mass is 250 g/mol. The Hall–Kier alpha value is -0.870. The van der Waals surface area contributed by atoms with Crippen LogP contribution in [0.15, 0.2) is 12.4 Å². The van der Waals surface area contributed by atoms with Crippen molar-refractivity contribution in [3.63, 3.8) is 0 Å². The van der Waals surface area contributed by atoms with Crippen molar-refractivity contribution >= 4 is 0 Å². The molecule has 4 nitrogen and oxygen atoms in total. The van der Waals surface area contributed by atoms with Crippen molar-refractivity contribution in [2.24, 2.45) is 18.7 Å². The zero-order valence-electron chi connectivity index (χ0n) is 12.1. The van der Waals surface area contributed by atoms with Crippen LogP contribution in [-0.2, 0) is 7.05 Å². The third-order valence-electron chi connectivity index (χ3n) is 4.75. The van der Waals surface area contributed by atoms with E-state index in [1.165, 1.54) is 12.8 Å². The Morgan fingerprint density at radius 3 is 2.50 bits per heavy atom. The molecular weight excluding hydrogens is 224 g/mol. The lowest BCUT2D eigenvalue weighted by Crippen LogP contribution is -2.54. The van der Waals surface area contributed by atoms with E-state index < -0.39 is 0 Å². The molecule has 1 aromatic heterocycles.